The number of anilines is 1. The van der Waals surface area contributed by atoms with Gasteiger partial charge in [-0.25, -0.2) is 9.78 Å². The molecule has 0 aliphatic carbocycles. The zero-order valence-electron chi connectivity index (χ0n) is 14.9. The van der Waals surface area contributed by atoms with Crippen LogP contribution in [0.5, 0.6) is 0 Å². The quantitative estimate of drug-likeness (QED) is 0.739. The molecule has 0 spiro atoms. The summed E-state index contributed by atoms with van der Waals surface area (Å²) in [7, 11) is 1.19. The summed E-state index contributed by atoms with van der Waals surface area (Å²) >= 11 is 0. The molecule has 3 rings (SSSR count). The largest absolute Gasteiger partial charge is 0.433 e. The van der Waals surface area contributed by atoms with Crippen LogP contribution >= 0.6 is 0 Å². The standard InChI is InChI=1S/C18H15F3N4O3/c1-10-5-3-4-6-12(10)22-14(26)9-25-16(27)11-7-8-13(18(19,20)21)23-15(11)24(2)17(25)28/h3-8H,9H2,1-2H3,(H,22,26). The molecular formula is C18H15F3N4O3. The van der Waals surface area contributed by atoms with E-state index in [1.54, 1.807) is 31.2 Å². The van der Waals surface area contributed by atoms with Gasteiger partial charge >= 0.3 is 11.9 Å². The van der Waals surface area contributed by atoms with Crippen LogP contribution in [0.4, 0.5) is 18.9 Å². The fraction of sp³-hybridized carbons (Fsp3) is 0.222. The van der Waals surface area contributed by atoms with Crippen molar-refractivity contribution in [1.29, 1.82) is 0 Å². The first-order chi connectivity index (χ1) is 13.1. The van der Waals surface area contributed by atoms with E-state index in [0.717, 1.165) is 16.2 Å². The van der Waals surface area contributed by atoms with Gasteiger partial charge in [-0.05, 0) is 30.7 Å². The summed E-state index contributed by atoms with van der Waals surface area (Å²) in [5.74, 6) is -0.618. The fourth-order valence-corrected chi connectivity index (χ4v) is 2.72. The molecule has 0 aliphatic rings. The lowest BCUT2D eigenvalue weighted by atomic mass is 10.2. The van der Waals surface area contributed by atoms with Crippen molar-refractivity contribution in [3.63, 3.8) is 0 Å². The summed E-state index contributed by atoms with van der Waals surface area (Å²) in [6, 6.07) is 8.55. The summed E-state index contributed by atoms with van der Waals surface area (Å²) < 4.78 is 40.0. The lowest BCUT2D eigenvalue weighted by molar-refractivity contribution is -0.141. The van der Waals surface area contributed by atoms with Crippen LogP contribution in [-0.4, -0.2) is 20.0 Å². The molecule has 0 radical (unpaired) electrons. The third-order valence-corrected chi connectivity index (χ3v) is 4.20. The van der Waals surface area contributed by atoms with Gasteiger partial charge in [0.05, 0.1) is 5.39 Å². The minimum Gasteiger partial charge on any atom is -0.324 e. The molecule has 28 heavy (non-hydrogen) atoms. The smallest absolute Gasteiger partial charge is 0.324 e. The minimum absolute atomic E-state index is 0.196. The van der Waals surface area contributed by atoms with E-state index in [-0.39, 0.29) is 5.39 Å². The molecule has 0 bridgehead atoms. The maximum absolute atomic E-state index is 12.9. The number of fused-ring (bicyclic) bond motifs is 1. The fourth-order valence-electron chi connectivity index (χ4n) is 2.72. The van der Waals surface area contributed by atoms with Crippen LogP contribution in [-0.2, 0) is 24.6 Å². The van der Waals surface area contributed by atoms with E-state index in [1.807, 2.05) is 0 Å². The SMILES string of the molecule is Cc1ccccc1NC(=O)Cn1c(=O)c2ccc(C(F)(F)F)nc2n(C)c1=O. The molecule has 0 aliphatic heterocycles. The van der Waals surface area contributed by atoms with Crippen molar-refractivity contribution < 1.29 is 18.0 Å². The Kier molecular flexibility index (Phi) is 4.80. The van der Waals surface area contributed by atoms with Gasteiger partial charge in [0, 0.05) is 12.7 Å². The number of aryl methyl sites for hydroxylation is 2. The number of para-hydroxylation sites is 1. The number of hydrogen-bond acceptors (Lipinski definition) is 4. The predicted octanol–water partition coefficient (Wildman–Crippen LogP) is 2.06. The number of nitrogens with one attached hydrogen (secondary N) is 1. The second-order valence-electron chi connectivity index (χ2n) is 6.16. The molecule has 0 saturated carbocycles. The highest BCUT2D eigenvalue weighted by atomic mass is 19.4. The van der Waals surface area contributed by atoms with Crippen molar-refractivity contribution in [2.45, 2.75) is 19.6 Å². The number of benzene rings is 1. The van der Waals surface area contributed by atoms with Gasteiger partial charge in [0.1, 0.15) is 17.9 Å². The van der Waals surface area contributed by atoms with Gasteiger partial charge in [0.15, 0.2) is 0 Å². The van der Waals surface area contributed by atoms with Gasteiger partial charge in [0.2, 0.25) is 5.91 Å². The molecule has 1 aromatic carbocycles. The average Bonchev–Trinajstić information content (AvgIpc) is 2.64. The Morgan fingerprint density at radius 2 is 1.82 bits per heavy atom. The first-order valence-electron chi connectivity index (χ1n) is 8.13. The lowest BCUT2D eigenvalue weighted by Gasteiger charge is -2.13. The first-order valence-corrected chi connectivity index (χ1v) is 8.13. The molecule has 2 aromatic heterocycles. The number of alkyl halides is 3. The van der Waals surface area contributed by atoms with Crippen molar-refractivity contribution in [1.82, 2.24) is 14.1 Å². The van der Waals surface area contributed by atoms with Crippen LogP contribution < -0.4 is 16.6 Å². The van der Waals surface area contributed by atoms with Crippen LogP contribution in [0.2, 0.25) is 0 Å². The van der Waals surface area contributed by atoms with E-state index in [0.29, 0.717) is 16.3 Å². The number of rotatable bonds is 3. The Bertz CT molecular complexity index is 1200. The van der Waals surface area contributed by atoms with Gasteiger partial charge in [-0.3, -0.25) is 18.7 Å². The molecule has 0 saturated heterocycles. The number of aromatic nitrogens is 3. The molecule has 1 N–H and O–H groups in total. The predicted molar refractivity (Wildman–Crippen MR) is 96.1 cm³/mol. The zero-order chi connectivity index (χ0) is 20.6. The van der Waals surface area contributed by atoms with Crippen molar-refractivity contribution in [3.05, 3.63) is 68.5 Å². The van der Waals surface area contributed by atoms with Crippen LogP contribution in [0.1, 0.15) is 11.3 Å². The van der Waals surface area contributed by atoms with E-state index in [9.17, 15) is 27.6 Å². The number of hydrogen-bond donors (Lipinski definition) is 1. The highest BCUT2D eigenvalue weighted by Gasteiger charge is 2.33. The van der Waals surface area contributed by atoms with Crippen molar-refractivity contribution in [2.24, 2.45) is 7.05 Å². The van der Waals surface area contributed by atoms with Crippen molar-refractivity contribution in [2.75, 3.05) is 5.32 Å². The molecule has 0 atom stereocenters. The van der Waals surface area contributed by atoms with Crippen LogP contribution in [0.25, 0.3) is 11.0 Å². The topological polar surface area (TPSA) is 86.0 Å². The summed E-state index contributed by atoms with van der Waals surface area (Å²) in [6.07, 6.45) is -4.72. The maximum atomic E-state index is 12.9. The Labute approximate surface area is 156 Å². The maximum Gasteiger partial charge on any atom is 0.433 e. The Morgan fingerprint density at radius 3 is 2.46 bits per heavy atom. The molecule has 0 unspecified atom stereocenters. The summed E-state index contributed by atoms with van der Waals surface area (Å²) in [5.41, 5.74) is -2.14. The lowest BCUT2D eigenvalue weighted by Crippen LogP contribution is -2.42. The molecular weight excluding hydrogens is 377 g/mol. The van der Waals surface area contributed by atoms with Gasteiger partial charge in [-0.2, -0.15) is 13.2 Å². The minimum atomic E-state index is -4.72. The highest BCUT2D eigenvalue weighted by Crippen LogP contribution is 2.28. The van der Waals surface area contributed by atoms with Crippen LogP contribution in [0.3, 0.4) is 0 Å². The number of amides is 1. The third-order valence-electron chi connectivity index (χ3n) is 4.20. The van der Waals surface area contributed by atoms with Gasteiger partial charge in [0.25, 0.3) is 5.56 Å². The molecule has 10 heteroatoms. The Hall–Kier alpha value is -3.43. The second-order valence-corrected chi connectivity index (χ2v) is 6.16. The van der Waals surface area contributed by atoms with Crippen LogP contribution in [0.15, 0.2) is 46.0 Å². The molecule has 3 aromatic rings. The monoisotopic (exact) mass is 392 g/mol. The van der Waals surface area contributed by atoms with E-state index < -0.39 is 41.2 Å². The number of halogens is 3. The second kappa shape index (κ2) is 6.95. The normalized spacial score (nSPS) is 11.6. The number of pyridine rings is 1. The Morgan fingerprint density at radius 1 is 1.14 bits per heavy atom. The molecule has 0 fully saturated rings. The van der Waals surface area contributed by atoms with E-state index in [4.69, 9.17) is 0 Å². The molecule has 146 valence electrons. The molecule has 1 amide bonds. The summed E-state index contributed by atoms with van der Waals surface area (Å²) in [6.45, 7) is 1.19. The number of carbonyl (C=O) groups excluding carboxylic acids is 1. The Balaban J connectivity index is 2.03. The third kappa shape index (κ3) is 3.53. The first kappa shape index (κ1) is 19.3. The molecule has 2 heterocycles. The summed E-state index contributed by atoms with van der Waals surface area (Å²) in [4.78, 5) is 40.7. The number of carbonyl (C=O) groups is 1. The van der Waals surface area contributed by atoms with Crippen LogP contribution in [0, 0.1) is 6.92 Å². The summed E-state index contributed by atoms with van der Waals surface area (Å²) in [5, 5.41) is 2.40. The van der Waals surface area contributed by atoms with Crippen molar-refractivity contribution >= 4 is 22.6 Å². The van der Waals surface area contributed by atoms with Gasteiger partial charge < -0.3 is 5.32 Å². The van der Waals surface area contributed by atoms with E-state index >= 15 is 0 Å². The number of nitrogens with zero attached hydrogens (tertiary/aromatic N) is 3. The van der Waals surface area contributed by atoms with E-state index in [2.05, 4.69) is 10.3 Å². The molecule has 7 nitrogen and oxygen atoms in total. The zero-order valence-corrected chi connectivity index (χ0v) is 14.9. The van der Waals surface area contributed by atoms with Gasteiger partial charge in [-0.15, -0.1) is 0 Å². The highest BCUT2D eigenvalue weighted by molar-refractivity contribution is 5.91. The van der Waals surface area contributed by atoms with Crippen molar-refractivity contribution in [3.8, 4) is 0 Å². The average molecular weight is 392 g/mol. The van der Waals surface area contributed by atoms with E-state index in [1.165, 1.54) is 7.05 Å². The van der Waals surface area contributed by atoms with Gasteiger partial charge in [-0.1, -0.05) is 18.2 Å².